The number of methoxy groups -OCH3 is 1. The van der Waals surface area contributed by atoms with Crippen LogP contribution in [0.3, 0.4) is 0 Å². The summed E-state index contributed by atoms with van der Waals surface area (Å²) in [5.74, 6) is -0.878. The van der Waals surface area contributed by atoms with Crippen molar-refractivity contribution < 1.29 is 14.3 Å². The molecule has 0 heterocycles. The number of carbonyl (C=O) groups excluding carboxylic acids is 2. The normalized spacial score (nSPS) is 9.89. The van der Waals surface area contributed by atoms with Gasteiger partial charge in [0.25, 0.3) is 0 Å². The van der Waals surface area contributed by atoms with E-state index in [9.17, 15) is 9.59 Å². The molecule has 18 heavy (non-hydrogen) atoms. The molecule has 0 aliphatic heterocycles. The fourth-order valence-corrected chi connectivity index (χ4v) is 1.51. The SMILES string of the molecule is COC(=O)c1cc(NCCC(N)=O)cc(C)c1N. The van der Waals surface area contributed by atoms with E-state index in [1.54, 1.807) is 19.1 Å². The van der Waals surface area contributed by atoms with E-state index in [0.717, 1.165) is 5.56 Å². The van der Waals surface area contributed by atoms with Gasteiger partial charge in [-0.25, -0.2) is 4.79 Å². The number of aryl methyl sites for hydroxylation is 1. The minimum atomic E-state index is -0.492. The zero-order chi connectivity index (χ0) is 13.7. The molecule has 1 rings (SSSR count). The summed E-state index contributed by atoms with van der Waals surface area (Å²) in [6.45, 7) is 2.19. The maximum absolute atomic E-state index is 11.5. The van der Waals surface area contributed by atoms with Gasteiger partial charge in [-0.15, -0.1) is 0 Å². The fourth-order valence-electron chi connectivity index (χ4n) is 1.51. The Morgan fingerprint density at radius 3 is 2.61 bits per heavy atom. The van der Waals surface area contributed by atoms with Crippen LogP contribution in [0.25, 0.3) is 0 Å². The van der Waals surface area contributed by atoms with Crippen molar-refractivity contribution in [1.29, 1.82) is 0 Å². The number of esters is 1. The molecule has 0 saturated carbocycles. The summed E-state index contributed by atoms with van der Waals surface area (Å²) in [5, 5.41) is 3.00. The summed E-state index contributed by atoms with van der Waals surface area (Å²) in [5.41, 5.74) is 13.0. The van der Waals surface area contributed by atoms with Crippen molar-refractivity contribution in [3.8, 4) is 0 Å². The second-order valence-electron chi connectivity index (χ2n) is 3.89. The molecule has 0 radical (unpaired) electrons. The zero-order valence-electron chi connectivity index (χ0n) is 10.4. The molecule has 0 unspecified atom stereocenters. The minimum Gasteiger partial charge on any atom is -0.465 e. The van der Waals surface area contributed by atoms with Crippen molar-refractivity contribution in [3.05, 3.63) is 23.3 Å². The summed E-state index contributed by atoms with van der Waals surface area (Å²) in [6, 6.07) is 3.39. The van der Waals surface area contributed by atoms with Gasteiger partial charge in [0.05, 0.1) is 12.7 Å². The van der Waals surface area contributed by atoms with Crippen LogP contribution in [0.2, 0.25) is 0 Å². The van der Waals surface area contributed by atoms with Crippen molar-refractivity contribution in [2.75, 3.05) is 24.7 Å². The second-order valence-corrected chi connectivity index (χ2v) is 3.89. The fraction of sp³-hybridized carbons (Fsp3) is 0.333. The Bertz CT molecular complexity index is 472. The molecular formula is C12H17N3O3. The van der Waals surface area contributed by atoms with Gasteiger partial charge >= 0.3 is 5.97 Å². The Morgan fingerprint density at radius 1 is 1.39 bits per heavy atom. The molecule has 0 aromatic heterocycles. The third-order valence-electron chi connectivity index (χ3n) is 2.49. The van der Waals surface area contributed by atoms with Crippen LogP contribution >= 0.6 is 0 Å². The first-order valence-electron chi connectivity index (χ1n) is 5.46. The number of hydrogen-bond acceptors (Lipinski definition) is 5. The molecule has 5 N–H and O–H groups in total. The van der Waals surface area contributed by atoms with E-state index >= 15 is 0 Å². The lowest BCUT2D eigenvalue weighted by atomic mass is 10.1. The first-order valence-corrected chi connectivity index (χ1v) is 5.46. The lowest BCUT2D eigenvalue weighted by Gasteiger charge is -2.11. The smallest absolute Gasteiger partial charge is 0.340 e. The highest BCUT2D eigenvalue weighted by atomic mass is 16.5. The number of ether oxygens (including phenoxy) is 1. The number of primary amides is 1. The number of anilines is 2. The van der Waals surface area contributed by atoms with E-state index in [4.69, 9.17) is 11.5 Å². The number of nitrogen functional groups attached to an aromatic ring is 1. The van der Waals surface area contributed by atoms with E-state index in [0.29, 0.717) is 23.5 Å². The number of carbonyl (C=O) groups is 2. The van der Waals surface area contributed by atoms with Crippen LogP contribution < -0.4 is 16.8 Å². The van der Waals surface area contributed by atoms with Gasteiger partial charge in [0.15, 0.2) is 0 Å². The average Bonchev–Trinajstić information content (AvgIpc) is 2.32. The summed E-state index contributed by atoms with van der Waals surface area (Å²) in [7, 11) is 1.30. The molecule has 1 amide bonds. The molecule has 98 valence electrons. The monoisotopic (exact) mass is 251 g/mol. The average molecular weight is 251 g/mol. The van der Waals surface area contributed by atoms with Crippen LogP contribution in [0, 0.1) is 6.92 Å². The highest BCUT2D eigenvalue weighted by Gasteiger charge is 2.13. The molecule has 6 heteroatoms. The van der Waals surface area contributed by atoms with Gasteiger partial charge in [-0.05, 0) is 24.6 Å². The Labute approximate surface area is 105 Å². The van der Waals surface area contributed by atoms with Crippen LogP contribution in [0.5, 0.6) is 0 Å². The number of nitrogens with two attached hydrogens (primary N) is 2. The highest BCUT2D eigenvalue weighted by Crippen LogP contribution is 2.23. The summed E-state index contributed by atoms with van der Waals surface area (Å²) in [6.07, 6.45) is 0.219. The van der Waals surface area contributed by atoms with Gasteiger partial charge in [0.2, 0.25) is 5.91 Å². The maximum atomic E-state index is 11.5. The highest BCUT2D eigenvalue weighted by molar-refractivity contribution is 5.97. The van der Waals surface area contributed by atoms with E-state index in [2.05, 4.69) is 10.1 Å². The Balaban J connectivity index is 2.90. The third kappa shape index (κ3) is 3.38. The zero-order valence-corrected chi connectivity index (χ0v) is 10.4. The predicted molar refractivity (Wildman–Crippen MR) is 69.2 cm³/mol. The summed E-state index contributed by atoms with van der Waals surface area (Å²) >= 11 is 0. The lowest BCUT2D eigenvalue weighted by molar-refractivity contribution is -0.117. The van der Waals surface area contributed by atoms with Gasteiger partial charge < -0.3 is 21.5 Å². The standard InChI is InChI=1S/C12H17N3O3/c1-7-5-8(15-4-3-10(13)16)6-9(11(7)14)12(17)18-2/h5-6,15H,3-4,14H2,1-2H3,(H2,13,16). The number of benzene rings is 1. The van der Waals surface area contributed by atoms with Crippen LogP contribution in [-0.4, -0.2) is 25.5 Å². The van der Waals surface area contributed by atoms with Gasteiger partial charge in [-0.3, -0.25) is 4.79 Å². The first kappa shape index (κ1) is 13.8. The number of rotatable bonds is 5. The van der Waals surface area contributed by atoms with E-state index in [-0.39, 0.29) is 12.3 Å². The Hall–Kier alpha value is -2.24. The Kier molecular flexibility index (Phi) is 4.53. The van der Waals surface area contributed by atoms with Gasteiger partial charge in [-0.2, -0.15) is 0 Å². The minimum absolute atomic E-state index is 0.219. The molecule has 0 atom stereocenters. The van der Waals surface area contributed by atoms with Crippen molar-refractivity contribution in [3.63, 3.8) is 0 Å². The molecule has 6 nitrogen and oxygen atoms in total. The van der Waals surface area contributed by atoms with Crippen molar-refractivity contribution in [2.45, 2.75) is 13.3 Å². The van der Waals surface area contributed by atoms with Gasteiger partial charge in [0.1, 0.15) is 0 Å². The lowest BCUT2D eigenvalue weighted by Crippen LogP contribution is -2.16. The summed E-state index contributed by atoms with van der Waals surface area (Å²) in [4.78, 5) is 22.1. The second kappa shape index (κ2) is 5.90. The first-order chi connectivity index (χ1) is 8.45. The quantitative estimate of drug-likeness (QED) is 0.526. The molecule has 0 aliphatic carbocycles. The molecule has 0 fully saturated rings. The van der Waals surface area contributed by atoms with Crippen molar-refractivity contribution >= 4 is 23.3 Å². The van der Waals surface area contributed by atoms with Crippen molar-refractivity contribution in [2.24, 2.45) is 5.73 Å². The molecule has 1 aromatic carbocycles. The summed E-state index contributed by atoms with van der Waals surface area (Å²) < 4.78 is 4.65. The van der Waals surface area contributed by atoms with Crippen LogP contribution in [-0.2, 0) is 9.53 Å². The topological polar surface area (TPSA) is 107 Å². The maximum Gasteiger partial charge on any atom is 0.340 e. The third-order valence-corrected chi connectivity index (χ3v) is 2.49. The number of hydrogen-bond donors (Lipinski definition) is 3. The molecule has 0 spiro atoms. The molecule has 0 saturated heterocycles. The number of amides is 1. The van der Waals surface area contributed by atoms with Crippen LogP contribution in [0.4, 0.5) is 11.4 Å². The largest absolute Gasteiger partial charge is 0.465 e. The van der Waals surface area contributed by atoms with Gasteiger partial charge in [0, 0.05) is 24.3 Å². The van der Waals surface area contributed by atoms with Crippen LogP contribution in [0.1, 0.15) is 22.3 Å². The van der Waals surface area contributed by atoms with Crippen molar-refractivity contribution in [1.82, 2.24) is 0 Å². The molecule has 0 bridgehead atoms. The van der Waals surface area contributed by atoms with E-state index < -0.39 is 5.97 Å². The molecule has 1 aromatic rings. The van der Waals surface area contributed by atoms with Crippen LogP contribution in [0.15, 0.2) is 12.1 Å². The molecular weight excluding hydrogens is 234 g/mol. The number of nitrogens with one attached hydrogen (secondary N) is 1. The van der Waals surface area contributed by atoms with E-state index in [1.807, 2.05) is 0 Å². The predicted octanol–water partition coefficient (Wildman–Crippen LogP) is 0.651. The van der Waals surface area contributed by atoms with Gasteiger partial charge in [-0.1, -0.05) is 0 Å². The Morgan fingerprint density at radius 2 is 2.06 bits per heavy atom. The molecule has 0 aliphatic rings. The van der Waals surface area contributed by atoms with E-state index in [1.165, 1.54) is 7.11 Å².